The minimum absolute atomic E-state index is 0.143. The number of amides is 1. The molecule has 0 radical (unpaired) electrons. The molecule has 0 spiro atoms. The van der Waals surface area contributed by atoms with Gasteiger partial charge in [-0.25, -0.2) is 9.67 Å². The predicted octanol–water partition coefficient (Wildman–Crippen LogP) is 2.99. The fourth-order valence-electron chi connectivity index (χ4n) is 2.10. The number of thiazole rings is 1. The number of carbonyl (C=O) groups excluding carboxylic acids is 1. The average molecular weight is 378 g/mol. The highest BCUT2D eigenvalue weighted by molar-refractivity contribution is 7.99. The summed E-state index contributed by atoms with van der Waals surface area (Å²) in [4.78, 5) is 16.6. The molecule has 2 heterocycles. The number of nitrogens with zero attached hydrogens (tertiary/aromatic N) is 5. The van der Waals surface area contributed by atoms with Gasteiger partial charge in [0.25, 0.3) is 0 Å². The first-order valence-corrected chi connectivity index (χ1v) is 9.61. The Morgan fingerprint density at radius 1 is 1.44 bits per heavy atom. The highest BCUT2D eigenvalue weighted by Gasteiger charge is 2.13. The van der Waals surface area contributed by atoms with Crippen LogP contribution in [0.3, 0.4) is 0 Å². The molecule has 1 N–H and O–H groups in total. The zero-order chi connectivity index (χ0) is 17.8. The molecular formula is C15H18N6O2S2. The number of carbonyl (C=O) groups is 1. The maximum atomic E-state index is 12.2. The van der Waals surface area contributed by atoms with Crippen molar-refractivity contribution >= 4 is 44.4 Å². The summed E-state index contributed by atoms with van der Waals surface area (Å²) in [5.74, 6) is 0.868. The van der Waals surface area contributed by atoms with Crippen molar-refractivity contribution in [3.05, 3.63) is 18.2 Å². The summed E-state index contributed by atoms with van der Waals surface area (Å²) in [5, 5.41) is 15.5. The Kier molecular flexibility index (Phi) is 5.49. The molecule has 0 aliphatic heterocycles. The SMILES string of the molecule is CCOc1ccc2nc(NC(=O)CSc3nnnn3C(C)C)sc2c1. The number of tetrazole rings is 1. The van der Waals surface area contributed by atoms with Crippen molar-refractivity contribution in [3.8, 4) is 5.75 Å². The molecule has 2 aromatic heterocycles. The number of hydrogen-bond acceptors (Lipinski definition) is 8. The van der Waals surface area contributed by atoms with Gasteiger partial charge in [0.05, 0.1) is 28.6 Å². The second-order valence-corrected chi connectivity index (χ2v) is 7.39. The highest BCUT2D eigenvalue weighted by atomic mass is 32.2. The lowest BCUT2D eigenvalue weighted by Crippen LogP contribution is -2.14. The first kappa shape index (κ1) is 17.6. The van der Waals surface area contributed by atoms with E-state index in [0.29, 0.717) is 16.9 Å². The molecule has 0 aliphatic carbocycles. The van der Waals surface area contributed by atoms with E-state index in [4.69, 9.17) is 4.74 Å². The molecule has 0 unspecified atom stereocenters. The van der Waals surface area contributed by atoms with E-state index in [-0.39, 0.29) is 17.7 Å². The standard InChI is InChI=1S/C15H18N6O2S2/c1-4-23-10-5-6-11-12(7-10)25-14(16-11)17-13(22)8-24-15-18-19-20-21(15)9(2)3/h5-7,9H,4,8H2,1-3H3,(H,16,17,22). The molecule has 0 saturated carbocycles. The summed E-state index contributed by atoms with van der Waals surface area (Å²) in [6.07, 6.45) is 0. The van der Waals surface area contributed by atoms with Gasteiger partial charge in [-0.05, 0) is 49.4 Å². The van der Waals surface area contributed by atoms with Gasteiger partial charge in [-0.15, -0.1) is 5.10 Å². The zero-order valence-electron chi connectivity index (χ0n) is 14.1. The molecule has 1 aromatic carbocycles. The quantitative estimate of drug-likeness (QED) is 0.632. The maximum absolute atomic E-state index is 12.2. The Balaban J connectivity index is 1.62. The molecule has 0 aliphatic rings. The number of thioether (sulfide) groups is 1. The topological polar surface area (TPSA) is 94.8 Å². The lowest BCUT2D eigenvalue weighted by Gasteiger charge is -2.06. The van der Waals surface area contributed by atoms with E-state index >= 15 is 0 Å². The van der Waals surface area contributed by atoms with Gasteiger partial charge in [-0.2, -0.15) is 0 Å². The summed E-state index contributed by atoms with van der Waals surface area (Å²) >= 11 is 2.72. The largest absolute Gasteiger partial charge is 0.494 e. The van der Waals surface area contributed by atoms with Gasteiger partial charge in [0.15, 0.2) is 5.13 Å². The summed E-state index contributed by atoms with van der Waals surface area (Å²) in [5.41, 5.74) is 0.833. The van der Waals surface area contributed by atoms with E-state index in [1.165, 1.54) is 23.1 Å². The molecule has 0 fully saturated rings. The first-order valence-electron chi connectivity index (χ1n) is 7.80. The second-order valence-electron chi connectivity index (χ2n) is 5.42. The van der Waals surface area contributed by atoms with Crippen LogP contribution in [-0.2, 0) is 4.79 Å². The van der Waals surface area contributed by atoms with Gasteiger partial charge in [0.1, 0.15) is 5.75 Å². The average Bonchev–Trinajstić information content (AvgIpc) is 3.18. The summed E-state index contributed by atoms with van der Waals surface area (Å²) in [7, 11) is 0. The van der Waals surface area contributed by atoms with E-state index in [9.17, 15) is 4.79 Å². The summed E-state index contributed by atoms with van der Waals surface area (Å²) in [6, 6.07) is 5.83. The second kappa shape index (κ2) is 7.79. The van der Waals surface area contributed by atoms with Crippen molar-refractivity contribution < 1.29 is 9.53 Å². The molecule has 132 valence electrons. The minimum Gasteiger partial charge on any atom is -0.494 e. The van der Waals surface area contributed by atoms with Crippen molar-refractivity contribution in [3.63, 3.8) is 0 Å². The number of ether oxygens (including phenoxy) is 1. The van der Waals surface area contributed by atoms with E-state index in [1.807, 2.05) is 39.0 Å². The maximum Gasteiger partial charge on any atom is 0.236 e. The summed E-state index contributed by atoms with van der Waals surface area (Å²) in [6.45, 7) is 6.52. The van der Waals surface area contributed by atoms with Crippen LogP contribution in [-0.4, -0.2) is 43.5 Å². The van der Waals surface area contributed by atoms with Crippen LogP contribution in [0.25, 0.3) is 10.2 Å². The number of anilines is 1. The Labute approximate surface area is 153 Å². The smallest absolute Gasteiger partial charge is 0.236 e. The van der Waals surface area contributed by atoms with Crippen LogP contribution in [0.15, 0.2) is 23.4 Å². The van der Waals surface area contributed by atoms with Gasteiger partial charge in [-0.3, -0.25) is 4.79 Å². The molecular weight excluding hydrogens is 360 g/mol. The van der Waals surface area contributed by atoms with E-state index in [2.05, 4.69) is 25.8 Å². The minimum atomic E-state index is -0.146. The number of nitrogens with one attached hydrogen (secondary N) is 1. The van der Waals surface area contributed by atoms with Crippen molar-refractivity contribution in [2.24, 2.45) is 0 Å². The van der Waals surface area contributed by atoms with Crippen molar-refractivity contribution in [1.29, 1.82) is 0 Å². The molecule has 10 heteroatoms. The molecule has 0 atom stereocenters. The van der Waals surface area contributed by atoms with Crippen LogP contribution in [0.5, 0.6) is 5.75 Å². The van der Waals surface area contributed by atoms with Crippen LogP contribution >= 0.6 is 23.1 Å². The lowest BCUT2D eigenvalue weighted by molar-refractivity contribution is -0.113. The number of aromatic nitrogens is 5. The molecule has 8 nitrogen and oxygen atoms in total. The molecule has 0 bridgehead atoms. The molecule has 3 aromatic rings. The zero-order valence-corrected chi connectivity index (χ0v) is 15.7. The fraction of sp³-hybridized carbons (Fsp3) is 0.400. The lowest BCUT2D eigenvalue weighted by atomic mass is 10.3. The number of rotatable bonds is 7. The van der Waals surface area contributed by atoms with Gasteiger partial charge in [-0.1, -0.05) is 23.1 Å². The van der Waals surface area contributed by atoms with E-state index in [1.54, 1.807) is 4.68 Å². The number of fused-ring (bicyclic) bond motifs is 1. The Hall–Kier alpha value is -2.20. The van der Waals surface area contributed by atoms with Crippen molar-refractivity contribution in [1.82, 2.24) is 25.2 Å². The van der Waals surface area contributed by atoms with Crippen LogP contribution in [0, 0.1) is 0 Å². The van der Waals surface area contributed by atoms with Gasteiger partial charge < -0.3 is 10.1 Å². The molecule has 25 heavy (non-hydrogen) atoms. The van der Waals surface area contributed by atoms with Crippen molar-refractivity contribution in [2.45, 2.75) is 32.0 Å². The van der Waals surface area contributed by atoms with Crippen LogP contribution in [0.1, 0.15) is 26.8 Å². The Bertz CT molecular complexity index is 876. The number of hydrogen-bond donors (Lipinski definition) is 1. The first-order chi connectivity index (χ1) is 12.1. The normalized spacial score (nSPS) is 11.2. The summed E-state index contributed by atoms with van der Waals surface area (Å²) < 4.78 is 8.14. The van der Waals surface area contributed by atoms with Gasteiger partial charge >= 0.3 is 0 Å². The van der Waals surface area contributed by atoms with E-state index < -0.39 is 0 Å². The third-order valence-electron chi connectivity index (χ3n) is 3.20. The van der Waals surface area contributed by atoms with Crippen molar-refractivity contribution in [2.75, 3.05) is 17.7 Å². The van der Waals surface area contributed by atoms with E-state index in [0.717, 1.165) is 16.0 Å². The molecule has 3 rings (SSSR count). The Morgan fingerprint density at radius 2 is 2.28 bits per heavy atom. The highest BCUT2D eigenvalue weighted by Crippen LogP contribution is 2.29. The molecule has 0 saturated heterocycles. The van der Waals surface area contributed by atoms with Crippen LogP contribution < -0.4 is 10.1 Å². The third-order valence-corrected chi connectivity index (χ3v) is 5.07. The van der Waals surface area contributed by atoms with Gasteiger partial charge in [0, 0.05) is 0 Å². The van der Waals surface area contributed by atoms with Crippen LogP contribution in [0.2, 0.25) is 0 Å². The molecule has 1 amide bonds. The fourth-order valence-corrected chi connectivity index (χ4v) is 3.82. The van der Waals surface area contributed by atoms with Gasteiger partial charge in [0.2, 0.25) is 11.1 Å². The van der Waals surface area contributed by atoms with Crippen LogP contribution in [0.4, 0.5) is 5.13 Å². The number of benzene rings is 1. The Morgan fingerprint density at radius 3 is 3.04 bits per heavy atom. The third kappa shape index (κ3) is 4.26. The predicted molar refractivity (Wildman–Crippen MR) is 98.3 cm³/mol. The monoisotopic (exact) mass is 378 g/mol.